The van der Waals surface area contributed by atoms with Gasteiger partial charge in [0, 0.05) is 22.8 Å². The quantitative estimate of drug-likeness (QED) is 0.779. The average Bonchev–Trinajstić information content (AvgIpc) is 2.24. The number of nitrogens with zero attached hydrogens (tertiary/aromatic N) is 1. The molecule has 0 bridgehead atoms. The highest BCUT2D eigenvalue weighted by atomic mass is 79.9. The third-order valence-corrected chi connectivity index (χ3v) is 3.38. The first-order valence-electron chi connectivity index (χ1n) is 4.69. The Labute approximate surface area is 113 Å². The van der Waals surface area contributed by atoms with E-state index in [1.165, 1.54) is 0 Å². The molecule has 0 aliphatic rings. The standard InChI is InChI=1S/C12H8BrCl2N/c13-9-3-4-16-10(7-9)5-8-1-2-11(14)12(15)6-8/h1-4,6-7H,5H2. The molecule has 0 atom stereocenters. The van der Waals surface area contributed by atoms with Crippen LogP contribution in [0.3, 0.4) is 0 Å². The minimum Gasteiger partial charge on any atom is -0.261 e. The molecule has 82 valence electrons. The van der Waals surface area contributed by atoms with Crippen LogP contribution < -0.4 is 0 Å². The smallest absolute Gasteiger partial charge is 0.0595 e. The van der Waals surface area contributed by atoms with Crippen molar-refractivity contribution in [1.29, 1.82) is 0 Å². The molecule has 0 aliphatic carbocycles. The van der Waals surface area contributed by atoms with E-state index in [0.29, 0.717) is 10.0 Å². The third-order valence-electron chi connectivity index (χ3n) is 2.15. The molecule has 1 nitrogen and oxygen atoms in total. The van der Waals surface area contributed by atoms with Crippen molar-refractivity contribution in [2.75, 3.05) is 0 Å². The lowest BCUT2D eigenvalue weighted by atomic mass is 10.1. The van der Waals surface area contributed by atoms with E-state index >= 15 is 0 Å². The maximum Gasteiger partial charge on any atom is 0.0595 e. The van der Waals surface area contributed by atoms with Crippen molar-refractivity contribution < 1.29 is 0 Å². The molecule has 0 N–H and O–H groups in total. The summed E-state index contributed by atoms with van der Waals surface area (Å²) in [6, 6.07) is 9.52. The molecular formula is C12H8BrCl2N. The molecule has 0 amide bonds. The fraction of sp³-hybridized carbons (Fsp3) is 0.0833. The van der Waals surface area contributed by atoms with E-state index in [2.05, 4.69) is 20.9 Å². The Balaban J connectivity index is 2.24. The van der Waals surface area contributed by atoms with E-state index < -0.39 is 0 Å². The second-order valence-corrected chi connectivity index (χ2v) is 5.12. The first kappa shape index (κ1) is 11.9. The number of halogens is 3. The predicted octanol–water partition coefficient (Wildman–Crippen LogP) is 4.74. The summed E-state index contributed by atoms with van der Waals surface area (Å²) in [6.45, 7) is 0. The first-order chi connectivity index (χ1) is 7.65. The fourth-order valence-corrected chi connectivity index (χ4v) is 2.11. The van der Waals surface area contributed by atoms with Crippen LogP contribution in [-0.4, -0.2) is 4.98 Å². The minimum atomic E-state index is 0.576. The summed E-state index contributed by atoms with van der Waals surface area (Å²) in [5, 5.41) is 1.15. The van der Waals surface area contributed by atoms with E-state index in [0.717, 1.165) is 22.2 Å². The van der Waals surface area contributed by atoms with Crippen molar-refractivity contribution in [3.63, 3.8) is 0 Å². The minimum absolute atomic E-state index is 0.576. The van der Waals surface area contributed by atoms with Crippen LogP contribution in [0.25, 0.3) is 0 Å². The topological polar surface area (TPSA) is 12.9 Å². The molecule has 1 aromatic carbocycles. The van der Waals surface area contributed by atoms with Crippen LogP contribution in [0.1, 0.15) is 11.3 Å². The predicted molar refractivity (Wildman–Crippen MR) is 71.2 cm³/mol. The van der Waals surface area contributed by atoms with Gasteiger partial charge in [0.1, 0.15) is 0 Å². The maximum atomic E-state index is 5.95. The Morgan fingerprint density at radius 1 is 1.06 bits per heavy atom. The Morgan fingerprint density at radius 2 is 1.88 bits per heavy atom. The molecule has 1 heterocycles. The first-order valence-corrected chi connectivity index (χ1v) is 6.24. The van der Waals surface area contributed by atoms with Gasteiger partial charge in [0.25, 0.3) is 0 Å². The third kappa shape index (κ3) is 2.97. The van der Waals surface area contributed by atoms with Crippen LogP contribution in [0, 0.1) is 0 Å². The van der Waals surface area contributed by atoms with Crippen molar-refractivity contribution in [2.24, 2.45) is 0 Å². The van der Waals surface area contributed by atoms with Crippen molar-refractivity contribution >= 4 is 39.1 Å². The van der Waals surface area contributed by atoms with Gasteiger partial charge < -0.3 is 0 Å². The number of aromatic nitrogens is 1. The normalized spacial score (nSPS) is 10.4. The van der Waals surface area contributed by atoms with E-state index in [-0.39, 0.29) is 0 Å². The van der Waals surface area contributed by atoms with Crippen LogP contribution in [0.4, 0.5) is 0 Å². The number of hydrogen-bond acceptors (Lipinski definition) is 1. The van der Waals surface area contributed by atoms with Gasteiger partial charge in [0.15, 0.2) is 0 Å². The maximum absolute atomic E-state index is 5.95. The van der Waals surface area contributed by atoms with Crippen LogP contribution in [0.2, 0.25) is 10.0 Å². The van der Waals surface area contributed by atoms with Crippen molar-refractivity contribution in [2.45, 2.75) is 6.42 Å². The summed E-state index contributed by atoms with van der Waals surface area (Å²) >= 11 is 15.2. The lowest BCUT2D eigenvalue weighted by Crippen LogP contribution is -1.91. The lowest BCUT2D eigenvalue weighted by molar-refractivity contribution is 1.07. The van der Waals surface area contributed by atoms with E-state index in [4.69, 9.17) is 23.2 Å². The summed E-state index contributed by atoms with van der Waals surface area (Å²) in [6.07, 6.45) is 2.52. The molecule has 0 saturated carbocycles. The monoisotopic (exact) mass is 315 g/mol. The van der Waals surface area contributed by atoms with Gasteiger partial charge in [-0.2, -0.15) is 0 Å². The molecule has 1 aromatic heterocycles. The molecule has 0 spiro atoms. The zero-order valence-electron chi connectivity index (χ0n) is 8.25. The van der Waals surface area contributed by atoms with Gasteiger partial charge in [-0.1, -0.05) is 45.2 Å². The summed E-state index contributed by atoms with van der Waals surface area (Å²) in [5.41, 5.74) is 2.09. The number of pyridine rings is 1. The Morgan fingerprint density at radius 3 is 2.56 bits per heavy atom. The van der Waals surface area contributed by atoms with Gasteiger partial charge in [-0.25, -0.2) is 0 Å². The zero-order chi connectivity index (χ0) is 11.5. The number of benzene rings is 1. The largest absolute Gasteiger partial charge is 0.261 e. The van der Waals surface area contributed by atoms with Gasteiger partial charge in [-0.05, 0) is 29.8 Å². The second kappa shape index (κ2) is 5.17. The highest BCUT2D eigenvalue weighted by Gasteiger charge is 2.02. The lowest BCUT2D eigenvalue weighted by Gasteiger charge is -2.03. The summed E-state index contributed by atoms with van der Waals surface area (Å²) in [5.74, 6) is 0. The van der Waals surface area contributed by atoms with Gasteiger partial charge in [0.05, 0.1) is 10.0 Å². The molecule has 0 saturated heterocycles. The van der Waals surface area contributed by atoms with Crippen molar-refractivity contribution in [3.05, 3.63) is 62.3 Å². The van der Waals surface area contributed by atoms with Crippen molar-refractivity contribution in [1.82, 2.24) is 4.98 Å². The SMILES string of the molecule is Clc1ccc(Cc2cc(Br)ccn2)cc1Cl. The van der Waals surface area contributed by atoms with Gasteiger partial charge in [0.2, 0.25) is 0 Å². The summed E-state index contributed by atoms with van der Waals surface area (Å²) in [7, 11) is 0. The molecular weight excluding hydrogens is 309 g/mol. The van der Waals surface area contributed by atoms with Gasteiger partial charge >= 0.3 is 0 Å². The fourth-order valence-electron chi connectivity index (χ4n) is 1.40. The molecule has 0 aliphatic heterocycles. The second-order valence-electron chi connectivity index (χ2n) is 3.39. The Hall–Kier alpha value is -0.570. The van der Waals surface area contributed by atoms with Crippen LogP contribution in [0.15, 0.2) is 41.0 Å². The summed E-state index contributed by atoms with van der Waals surface area (Å²) in [4.78, 5) is 4.28. The Kier molecular flexibility index (Phi) is 3.85. The van der Waals surface area contributed by atoms with Gasteiger partial charge in [-0.15, -0.1) is 0 Å². The molecule has 2 aromatic rings. The van der Waals surface area contributed by atoms with Gasteiger partial charge in [-0.3, -0.25) is 4.98 Å². The molecule has 0 radical (unpaired) electrons. The van der Waals surface area contributed by atoms with E-state index in [1.54, 1.807) is 12.3 Å². The zero-order valence-corrected chi connectivity index (χ0v) is 11.4. The Bertz CT molecular complexity index is 514. The van der Waals surface area contributed by atoms with Crippen molar-refractivity contribution in [3.8, 4) is 0 Å². The molecule has 16 heavy (non-hydrogen) atoms. The molecule has 0 unspecified atom stereocenters. The summed E-state index contributed by atoms with van der Waals surface area (Å²) < 4.78 is 1.03. The van der Waals surface area contributed by atoms with E-state index in [1.807, 2.05) is 24.3 Å². The van der Waals surface area contributed by atoms with Crippen LogP contribution in [0.5, 0.6) is 0 Å². The van der Waals surface area contributed by atoms with Crippen LogP contribution >= 0.6 is 39.1 Å². The molecule has 0 fully saturated rings. The molecule has 2 rings (SSSR count). The number of hydrogen-bond donors (Lipinski definition) is 0. The molecule has 4 heteroatoms. The highest BCUT2D eigenvalue weighted by molar-refractivity contribution is 9.10. The average molecular weight is 317 g/mol. The van der Waals surface area contributed by atoms with E-state index in [9.17, 15) is 0 Å². The van der Waals surface area contributed by atoms with Crippen LogP contribution in [-0.2, 0) is 6.42 Å². The number of rotatable bonds is 2. The highest BCUT2D eigenvalue weighted by Crippen LogP contribution is 2.23.